The van der Waals surface area contributed by atoms with Gasteiger partial charge in [0.05, 0.1) is 12.5 Å². The average Bonchev–Trinajstić information content (AvgIpc) is 2.42. The second-order valence-corrected chi connectivity index (χ2v) is 6.10. The molecule has 0 saturated heterocycles. The van der Waals surface area contributed by atoms with E-state index in [4.69, 9.17) is 10.8 Å². The van der Waals surface area contributed by atoms with Crippen molar-refractivity contribution < 1.29 is 14.7 Å². The van der Waals surface area contributed by atoms with E-state index in [1.165, 1.54) is 0 Å². The van der Waals surface area contributed by atoms with Crippen LogP contribution in [0.3, 0.4) is 0 Å². The molecule has 4 N–H and O–H groups in total. The lowest BCUT2D eigenvalue weighted by Crippen LogP contribution is -2.46. The van der Waals surface area contributed by atoms with E-state index in [-0.39, 0.29) is 17.7 Å². The third-order valence-electron chi connectivity index (χ3n) is 4.28. The Hall–Kier alpha value is -1.10. The summed E-state index contributed by atoms with van der Waals surface area (Å²) >= 11 is 0. The van der Waals surface area contributed by atoms with E-state index in [9.17, 15) is 9.59 Å². The number of unbranched alkanes of at least 4 members (excludes halogenated alkanes) is 1. The fraction of sp³-hybridized carbons (Fsp3) is 0.867. The Morgan fingerprint density at radius 3 is 2.50 bits per heavy atom. The molecule has 1 aliphatic rings. The van der Waals surface area contributed by atoms with E-state index >= 15 is 0 Å². The number of aliphatic carboxylic acids is 1. The molecule has 0 aliphatic heterocycles. The number of hydrogen-bond acceptors (Lipinski definition) is 3. The number of nitrogens with two attached hydrogens (primary N) is 1. The van der Waals surface area contributed by atoms with E-state index < -0.39 is 12.0 Å². The second-order valence-electron chi connectivity index (χ2n) is 6.10. The minimum atomic E-state index is -0.781. The zero-order valence-corrected chi connectivity index (χ0v) is 12.5. The number of rotatable bonds is 8. The minimum Gasteiger partial charge on any atom is -0.481 e. The van der Waals surface area contributed by atoms with Gasteiger partial charge in [-0.2, -0.15) is 0 Å². The molecular weight excluding hydrogens is 256 g/mol. The number of carbonyl (C=O) groups excluding carboxylic acids is 1. The van der Waals surface area contributed by atoms with Crippen LogP contribution in [-0.2, 0) is 9.59 Å². The Bertz CT molecular complexity index is 325. The number of carboxylic acid groups (broad SMARTS) is 1. The van der Waals surface area contributed by atoms with E-state index in [1.807, 2.05) is 0 Å². The monoisotopic (exact) mass is 284 g/mol. The van der Waals surface area contributed by atoms with Gasteiger partial charge in [-0.15, -0.1) is 0 Å². The summed E-state index contributed by atoms with van der Waals surface area (Å²) in [4.78, 5) is 23.0. The summed E-state index contributed by atoms with van der Waals surface area (Å²) in [5.41, 5.74) is 5.56. The van der Waals surface area contributed by atoms with Crippen LogP contribution < -0.4 is 11.1 Å². The van der Waals surface area contributed by atoms with Gasteiger partial charge in [-0.05, 0) is 24.7 Å². The first-order chi connectivity index (χ1) is 9.49. The van der Waals surface area contributed by atoms with Crippen LogP contribution in [0, 0.1) is 5.41 Å². The largest absolute Gasteiger partial charge is 0.481 e. The molecule has 1 fully saturated rings. The van der Waals surface area contributed by atoms with E-state index in [0.717, 1.165) is 44.9 Å². The maximum Gasteiger partial charge on any atom is 0.303 e. The van der Waals surface area contributed by atoms with Crippen molar-refractivity contribution in [3.05, 3.63) is 0 Å². The van der Waals surface area contributed by atoms with Gasteiger partial charge >= 0.3 is 5.97 Å². The Morgan fingerprint density at radius 2 is 1.95 bits per heavy atom. The van der Waals surface area contributed by atoms with Crippen LogP contribution in [0.25, 0.3) is 0 Å². The molecule has 0 aromatic heterocycles. The molecule has 5 nitrogen and oxygen atoms in total. The van der Waals surface area contributed by atoms with Gasteiger partial charge in [0, 0.05) is 6.54 Å². The molecule has 0 bridgehead atoms. The molecule has 20 heavy (non-hydrogen) atoms. The van der Waals surface area contributed by atoms with Crippen LogP contribution in [0.5, 0.6) is 0 Å². The number of carboxylic acids is 1. The van der Waals surface area contributed by atoms with Crippen molar-refractivity contribution in [2.45, 2.75) is 70.8 Å². The fourth-order valence-corrected chi connectivity index (χ4v) is 3.00. The molecule has 1 aliphatic carbocycles. The zero-order chi connectivity index (χ0) is 15.0. The van der Waals surface area contributed by atoms with Crippen molar-refractivity contribution in [3.63, 3.8) is 0 Å². The summed E-state index contributed by atoms with van der Waals surface area (Å²) in [7, 11) is 0. The lowest BCUT2D eigenvalue weighted by molar-refractivity contribution is -0.140. The molecule has 5 heteroatoms. The lowest BCUT2D eigenvalue weighted by Gasteiger charge is -2.36. The maximum atomic E-state index is 11.9. The summed E-state index contributed by atoms with van der Waals surface area (Å²) in [6.07, 6.45) is 7.79. The Balaban J connectivity index is 2.49. The van der Waals surface area contributed by atoms with E-state index in [2.05, 4.69) is 12.2 Å². The number of nitrogens with one attached hydrogen (secondary N) is 1. The van der Waals surface area contributed by atoms with Crippen molar-refractivity contribution in [2.75, 3.05) is 6.54 Å². The number of hydrogen-bond donors (Lipinski definition) is 3. The quantitative estimate of drug-likeness (QED) is 0.636. The molecule has 0 radical (unpaired) electrons. The molecular formula is C15H28N2O3. The van der Waals surface area contributed by atoms with Crippen LogP contribution in [-0.4, -0.2) is 29.6 Å². The van der Waals surface area contributed by atoms with Crippen LogP contribution >= 0.6 is 0 Å². The zero-order valence-electron chi connectivity index (χ0n) is 12.5. The van der Waals surface area contributed by atoms with Gasteiger partial charge < -0.3 is 16.2 Å². The van der Waals surface area contributed by atoms with E-state index in [1.54, 1.807) is 0 Å². The van der Waals surface area contributed by atoms with Crippen molar-refractivity contribution in [1.29, 1.82) is 0 Å². The molecule has 0 spiro atoms. The van der Waals surface area contributed by atoms with Crippen LogP contribution in [0.15, 0.2) is 0 Å². The normalized spacial score (nSPS) is 19.3. The summed E-state index contributed by atoms with van der Waals surface area (Å²) in [5.74, 6) is -0.926. The van der Waals surface area contributed by atoms with Gasteiger partial charge in [0.15, 0.2) is 0 Å². The van der Waals surface area contributed by atoms with E-state index in [0.29, 0.717) is 13.0 Å². The molecule has 1 atom stereocenters. The smallest absolute Gasteiger partial charge is 0.303 e. The topological polar surface area (TPSA) is 92.4 Å². The highest BCUT2D eigenvalue weighted by molar-refractivity contribution is 5.81. The highest BCUT2D eigenvalue weighted by Gasteiger charge is 2.35. The minimum absolute atomic E-state index is 0.136. The third kappa shape index (κ3) is 5.49. The highest BCUT2D eigenvalue weighted by Crippen LogP contribution is 2.38. The molecule has 0 heterocycles. The molecule has 1 unspecified atom stereocenters. The van der Waals surface area contributed by atoms with Gasteiger partial charge in [-0.25, -0.2) is 0 Å². The van der Waals surface area contributed by atoms with Crippen LogP contribution in [0.2, 0.25) is 0 Å². The van der Waals surface area contributed by atoms with Gasteiger partial charge in [0.25, 0.3) is 0 Å². The highest BCUT2D eigenvalue weighted by atomic mass is 16.4. The predicted octanol–water partition coefficient (Wildman–Crippen LogP) is 2.05. The Kier molecular flexibility index (Phi) is 6.99. The standard InChI is InChI=1S/C15H28N2O3/c1-2-3-7-12(16)14(20)17-11-15(10-13(18)19)8-5-4-6-9-15/h12H,2-11,16H2,1H3,(H,17,20)(H,18,19). The Morgan fingerprint density at radius 1 is 1.30 bits per heavy atom. The molecule has 1 amide bonds. The summed E-state index contributed by atoms with van der Waals surface area (Å²) in [6.45, 7) is 2.51. The first-order valence-electron chi connectivity index (χ1n) is 7.74. The average molecular weight is 284 g/mol. The van der Waals surface area contributed by atoms with Gasteiger partial charge in [-0.1, -0.05) is 39.0 Å². The summed E-state index contributed by atoms with van der Waals surface area (Å²) < 4.78 is 0. The SMILES string of the molecule is CCCCC(N)C(=O)NCC1(CC(=O)O)CCCCC1. The van der Waals surface area contributed by atoms with Crippen LogP contribution in [0.1, 0.15) is 64.7 Å². The first kappa shape index (κ1) is 17.0. The summed E-state index contributed by atoms with van der Waals surface area (Å²) in [5, 5.41) is 12.0. The Labute approximate surface area is 121 Å². The number of carbonyl (C=O) groups is 2. The second kappa shape index (κ2) is 8.25. The van der Waals surface area contributed by atoms with Crippen LogP contribution in [0.4, 0.5) is 0 Å². The van der Waals surface area contributed by atoms with Gasteiger partial charge in [0.2, 0.25) is 5.91 Å². The maximum absolute atomic E-state index is 11.9. The molecule has 1 rings (SSSR count). The van der Waals surface area contributed by atoms with Crippen molar-refractivity contribution in [1.82, 2.24) is 5.32 Å². The first-order valence-corrected chi connectivity index (χ1v) is 7.74. The molecule has 1 saturated carbocycles. The fourth-order valence-electron chi connectivity index (χ4n) is 3.00. The molecule has 116 valence electrons. The van der Waals surface area contributed by atoms with Gasteiger partial charge in [0.1, 0.15) is 0 Å². The lowest BCUT2D eigenvalue weighted by atomic mass is 9.71. The van der Waals surface area contributed by atoms with Crippen molar-refractivity contribution in [3.8, 4) is 0 Å². The summed E-state index contributed by atoms with van der Waals surface area (Å²) in [6, 6.07) is -0.472. The van der Waals surface area contributed by atoms with Crippen molar-refractivity contribution in [2.24, 2.45) is 11.1 Å². The van der Waals surface area contributed by atoms with Crippen molar-refractivity contribution >= 4 is 11.9 Å². The number of amides is 1. The molecule has 0 aromatic rings. The predicted molar refractivity (Wildman–Crippen MR) is 78.3 cm³/mol. The third-order valence-corrected chi connectivity index (χ3v) is 4.28. The molecule has 0 aromatic carbocycles. The van der Waals surface area contributed by atoms with Gasteiger partial charge in [-0.3, -0.25) is 9.59 Å².